The Morgan fingerprint density at radius 1 is 1.15 bits per heavy atom. The molecule has 0 spiro atoms. The molecule has 2 aromatic carbocycles. The van der Waals surface area contributed by atoms with Crippen molar-refractivity contribution in [3.63, 3.8) is 0 Å². The number of carbonyl (C=O) groups excluding carboxylic acids is 1. The Labute approximate surface area is 193 Å². The van der Waals surface area contributed by atoms with Crippen molar-refractivity contribution >= 4 is 29.0 Å². The summed E-state index contributed by atoms with van der Waals surface area (Å²) >= 11 is 1.22. The molecule has 2 heterocycles. The summed E-state index contributed by atoms with van der Waals surface area (Å²) in [6, 6.07) is 17.4. The van der Waals surface area contributed by atoms with Crippen molar-refractivity contribution in [2.24, 2.45) is 0 Å². The second-order valence-corrected chi connectivity index (χ2v) is 7.96. The van der Waals surface area contributed by atoms with Crippen molar-refractivity contribution in [2.45, 2.75) is 11.6 Å². The van der Waals surface area contributed by atoms with E-state index < -0.39 is 4.92 Å². The van der Waals surface area contributed by atoms with Crippen molar-refractivity contribution in [2.75, 3.05) is 19.4 Å². The van der Waals surface area contributed by atoms with E-state index in [-0.39, 0.29) is 17.3 Å². The molecule has 0 radical (unpaired) electrons. The molecule has 10 nitrogen and oxygen atoms in total. The second-order valence-electron chi connectivity index (χ2n) is 7.02. The van der Waals surface area contributed by atoms with Crippen LogP contribution >= 0.6 is 11.8 Å². The molecule has 0 unspecified atom stereocenters. The fourth-order valence-corrected chi connectivity index (χ4v) is 3.83. The lowest BCUT2D eigenvalue weighted by Crippen LogP contribution is -2.27. The first kappa shape index (κ1) is 22.2. The summed E-state index contributed by atoms with van der Waals surface area (Å²) in [5.74, 6) is 0.827. The van der Waals surface area contributed by atoms with E-state index >= 15 is 0 Å². The van der Waals surface area contributed by atoms with Gasteiger partial charge in [0.1, 0.15) is 5.75 Å². The van der Waals surface area contributed by atoms with Crippen molar-refractivity contribution in [3.05, 3.63) is 76.3 Å². The van der Waals surface area contributed by atoms with Gasteiger partial charge in [-0.25, -0.2) is 0 Å². The number of methoxy groups -OCH3 is 1. The maximum Gasteiger partial charge on any atom is 0.270 e. The molecule has 33 heavy (non-hydrogen) atoms. The number of hydrogen-bond donors (Lipinski definition) is 1. The minimum Gasteiger partial charge on any atom is -0.497 e. The van der Waals surface area contributed by atoms with Crippen LogP contribution in [0, 0.1) is 10.1 Å². The number of nitrogens with zero attached hydrogens (tertiary/aromatic N) is 5. The third kappa shape index (κ3) is 5.44. The fourth-order valence-electron chi connectivity index (χ4n) is 3.11. The first-order valence-corrected chi connectivity index (χ1v) is 11.0. The zero-order valence-electron chi connectivity index (χ0n) is 17.7. The van der Waals surface area contributed by atoms with Gasteiger partial charge < -0.3 is 10.1 Å². The van der Waals surface area contributed by atoms with Gasteiger partial charge in [0.15, 0.2) is 5.65 Å². The molecule has 11 heteroatoms. The topological polar surface area (TPSA) is 125 Å². The van der Waals surface area contributed by atoms with E-state index in [4.69, 9.17) is 4.74 Å². The third-order valence-corrected chi connectivity index (χ3v) is 5.73. The minimum absolute atomic E-state index is 0.0148. The summed E-state index contributed by atoms with van der Waals surface area (Å²) < 4.78 is 6.67. The molecule has 168 valence electrons. The molecule has 2 aromatic heterocycles. The summed E-state index contributed by atoms with van der Waals surface area (Å²) in [5, 5.41) is 27.1. The van der Waals surface area contributed by atoms with Crippen LogP contribution in [0.2, 0.25) is 0 Å². The van der Waals surface area contributed by atoms with Gasteiger partial charge in [0.2, 0.25) is 11.1 Å². The van der Waals surface area contributed by atoms with E-state index in [9.17, 15) is 14.9 Å². The molecule has 0 aliphatic rings. The van der Waals surface area contributed by atoms with Crippen LogP contribution in [-0.4, -0.2) is 50.0 Å². The standard InChI is InChI=1S/C22H20N6O4S/c1-32-18-7-5-15(6-8-18)11-12-23-21(29)14-33-22-25-24-20-10-9-19(26-27(20)22)16-3-2-4-17(13-16)28(30)31/h2-10,13H,11-12,14H2,1H3,(H,23,29). The molecule has 0 bridgehead atoms. The summed E-state index contributed by atoms with van der Waals surface area (Å²) in [5.41, 5.74) is 2.75. The molecule has 0 saturated carbocycles. The highest BCUT2D eigenvalue weighted by atomic mass is 32.2. The van der Waals surface area contributed by atoms with E-state index in [0.29, 0.717) is 35.0 Å². The van der Waals surface area contributed by atoms with Gasteiger partial charge in [-0.2, -0.15) is 9.61 Å². The molecular weight excluding hydrogens is 444 g/mol. The van der Waals surface area contributed by atoms with Crippen LogP contribution in [0.1, 0.15) is 5.56 Å². The van der Waals surface area contributed by atoms with Crippen molar-refractivity contribution in [3.8, 4) is 17.0 Å². The van der Waals surface area contributed by atoms with Gasteiger partial charge in [-0.1, -0.05) is 36.0 Å². The number of ether oxygens (including phenoxy) is 1. The van der Waals surface area contributed by atoms with Crippen molar-refractivity contribution in [1.82, 2.24) is 25.1 Å². The molecule has 4 aromatic rings. The number of aromatic nitrogens is 4. The fraction of sp³-hybridized carbons (Fsp3) is 0.182. The zero-order chi connectivity index (χ0) is 23.2. The van der Waals surface area contributed by atoms with E-state index in [1.54, 1.807) is 31.4 Å². The Bertz CT molecular complexity index is 1290. The van der Waals surface area contributed by atoms with E-state index in [1.807, 2.05) is 24.3 Å². The number of rotatable bonds is 9. The monoisotopic (exact) mass is 464 g/mol. The molecule has 0 fully saturated rings. The number of hydrogen-bond acceptors (Lipinski definition) is 8. The van der Waals surface area contributed by atoms with Gasteiger partial charge in [0.25, 0.3) is 5.69 Å². The number of amides is 1. The Hall–Kier alpha value is -3.99. The van der Waals surface area contributed by atoms with Crippen LogP contribution in [0.15, 0.2) is 65.8 Å². The van der Waals surface area contributed by atoms with Gasteiger partial charge in [0, 0.05) is 24.2 Å². The van der Waals surface area contributed by atoms with E-state index in [1.165, 1.54) is 28.4 Å². The molecular formula is C22H20N6O4S. The highest BCUT2D eigenvalue weighted by molar-refractivity contribution is 7.99. The summed E-state index contributed by atoms with van der Waals surface area (Å²) in [6.07, 6.45) is 0.711. The quantitative estimate of drug-likeness (QED) is 0.228. The molecule has 0 saturated heterocycles. The number of carbonyl (C=O) groups is 1. The van der Waals surface area contributed by atoms with Gasteiger partial charge in [-0.05, 0) is 36.2 Å². The predicted octanol–water partition coefficient (Wildman–Crippen LogP) is 3.16. The Morgan fingerprint density at radius 2 is 1.97 bits per heavy atom. The van der Waals surface area contributed by atoms with Crippen LogP contribution in [-0.2, 0) is 11.2 Å². The summed E-state index contributed by atoms with van der Waals surface area (Å²) in [4.78, 5) is 22.9. The number of nitrogens with one attached hydrogen (secondary N) is 1. The molecule has 1 N–H and O–H groups in total. The van der Waals surface area contributed by atoms with E-state index in [2.05, 4.69) is 20.6 Å². The maximum atomic E-state index is 12.3. The number of nitro groups is 1. The number of nitro benzene ring substituents is 1. The summed E-state index contributed by atoms with van der Waals surface area (Å²) in [6.45, 7) is 0.515. The Kier molecular flexibility index (Phi) is 6.79. The highest BCUT2D eigenvalue weighted by Gasteiger charge is 2.13. The molecule has 1 amide bonds. The molecule has 0 aliphatic heterocycles. The van der Waals surface area contributed by atoms with Gasteiger partial charge >= 0.3 is 0 Å². The van der Waals surface area contributed by atoms with Crippen LogP contribution in [0.5, 0.6) is 5.75 Å². The van der Waals surface area contributed by atoms with Crippen LogP contribution in [0.4, 0.5) is 5.69 Å². The summed E-state index contributed by atoms with van der Waals surface area (Å²) in [7, 11) is 1.62. The van der Waals surface area contributed by atoms with E-state index in [0.717, 1.165) is 11.3 Å². The minimum atomic E-state index is -0.449. The van der Waals surface area contributed by atoms with Crippen molar-refractivity contribution < 1.29 is 14.5 Å². The number of benzene rings is 2. The van der Waals surface area contributed by atoms with Gasteiger partial charge in [-0.15, -0.1) is 10.2 Å². The van der Waals surface area contributed by atoms with Crippen LogP contribution < -0.4 is 10.1 Å². The molecule has 0 atom stereocenters. The lowest BCUT2D eigenvalue weighted by Gasteiger charge is -2.06. The lowest BCUT2D eigenvalue weighted by atomic mass is 10.1. The SMILES string of the molecule is COc1ccc(CCNC(=O)CSc2nnc3ccc(-c4cccc([N+](=O)[O-])c4)nn23)cc1. The lowest BCUT2D eigenvalue weighted by molar-refractivity contribution is -0.384. The average Bonchev–Trinajstić information content (AvgIpc) is 3.25. The van der Waals surface area contributed by atoms with Crippen LogP contribution in [0.3, 0.4) is 0 Å². The predicted molar refractivity (Wildman–Crippen MR) is 123 cm³/mol. The maximum absolute atomic E-state index is 12.3. The molecule has 0 aliphatic carbocycles. The number of non-ortho nitro benzene ring substituents is 1. The molecule has 4 rings (SSSR count). The normalized spacial score (nSPS) is 10.8. The first-order chi connectivity index (χ1) is 16.0. The number of fused-ring (bicyclic) bond motifs is 1. The Balaban J connectivity index is 1.37. The third-order valence-electron chi connectivity index (χ3n) is 4.81. The van der Waals surface area contributed by atoms with Crippen LogP contribution in [0.25, 0.3) is 16.9 Å². The Morgan fingerprint density at radius 3 is 2.73 bits per heavy atom. The average molecular weight is 465 g/mol. The zero-order valence-corrected chi connectivity index (χ0v) is 18.5. The number of thioether (sulfide) groups is 1. The van der Waals surface area contributed by atoms with Crippen molar-refractivity contribution in [1.29, 1.82) is 0 Å². The van der Waals surface area contributed by atoms with Gasteiger partial charge in [-0.3, -0.25) is 14.9 Å². The smallest absolute Gasteiger partial charge is 0.270 e. The highest BCUT2D eigenvalue weighted by Crippen LogP contribution is 2.24. The largest absolute Gasteiger partial charge is 0.497 e. The second kappa shape index (κ2) is 10.1. The first-order valence-electron chi connectivity index (χ1n) is 10.0. The van der Waals surface area contributed by atoms with Gasteiger partial charge in [0.05, 0.1) is 23.5 Å².